The first-order chi connectivity index (χ1) is 8.35. The maximum Gasteiger partial charge on any atom is 0.147 e. The van der Waals surface area contributed by atoms with Gasteiger partial charge >= 0.3 is 0 Å². The Morgan fingerprint density at radius 1 is 1.17 bits per heavy atom. The Labute approximate surface area is 111 Å². The van der Waals surface area contributed by atoms with Gasteiger partial charge in [-0.05, 0) is 37.0 Å². The molecule has 2 nitrogen and oxygen atoms in total. The molecule has 0 heterocycles. The summed E-state index contributed by atoms with van der Waals surface area (Å²) in [4.78, 5) is 25.1. The summed E-state index contributed by atoms with van der Waals surface area (Å²) in [6.07, 6.45) is 6.32. The van der Waals surface area contributed by atoms with Crippen molar-refractivity contribution < 1.29 is 9.59 Å². The molecule has 0 bridgehead atoms. The number of rotatable bonds is 2. The van der Waals surface area contributed by atoms with Crippen LogP contribution < -0.4 is 0 Å². The molecule has 2 atom stereocenters. The van der Waals surface area contributed by atoms with E-state index in [-0.39, 0.29) is 22.9 Å². The Morgan fingerprint density at radius 2 is 1.72 bits per heavy atom. The lowest BCUT2D eigenvalue weighted by Gasteiger charge is -2.47. The van der Waals surface area contributed by atoms with Gasteiger partial charge in [0.2, 0.25) is 0 Å². The van der Waals surface area contributed by atoms with Gasteiger partial charge in [-0.25, -0.2) is 0 Å². The van der Waals surface area contributed by atoms with E-state index in [4.69, 9.17) is 0 Å². The SMILES string of the molecule is CC(=O)C1(C2CCCCC2)C(=O)CC(C)C1(C)C. The molecule has 18 heavy (non-hydrogen) atoms. The number of hydrogen-bond donors (Lipinski definition) is 0. The van der Waals surface area contributed by atoms with Crippen molar-refractivity contribution in [3.8, 4) is 0 Å². The molecular formula is C16H26O2. The van der Waals surface area contributed by atoms with Crippen LogP contribution in [0.4, 0.5) is 0 Å². The molecule has 0 radical (unpaired) electrons. The fourth-order valence-corrected chi connectivity index (χ4v) is 4.67. The third kappa shape index (κ3) is 1.60. The zero-order valence-corrected chi connectivity index (χ0v) is 12.2. The van der Waals surface area contributed by atoms with Crippen LogP contribution in [0.1, 0.15) is 66.2 Å². The molecule has 2 saturated carbocycles. The summed E-state index contributed by atoms with van der Waals surface area (Å²) in [5.41, 5.74) is -0.870. The summed E-state index contributed by atoms with van der Waals surface area (Å²) in [6, 6.07) is 0. The fraction of sp³-hybridized carbons (Fsp3) is 0.875. The largest absolute Gasteiger partial charge is 0.299 e. The molecule has 0 aromatic heterocycles. The van der Waals surface area contributed by atoms with E-state index >= 15 is 0 Å². The predicted octanol–water partition coefficient (Wildman–Crippen LogP) is 3.78. The smallest absolute Gasteiger partial charge is 0.147 e. The standard InChI is InChI=1S/C16H26O2/c1-11-10-14(18)16(12(2)17,15(11,3)4)13-8-6-5-7-9-13/h11,13H,5-10H2,1-4H3. The highest BCUT2D eigenvalue weighted by Gasteiger charge is 2.64. The van der Waals surface area contributed by atoms with Crippen LogP contribution >= 0.6 is 0 Å². The van der Waals surface area contributed by atoms with Gasteiger partial charge in [0.15, 0.2) is 0 Å². The van der Waals surface area contributed by atoms with Gasteiger partial charge in [0, 0.05) is 6.42 Å². The Kier molecular flexibility index (Phi) is 3.42. The summed E-state index contributed by atoms with van der Waals surface area (Å²) in [5.74, 6) is 0.945. The molecule has 0 spiro atoms. The van der Waals surface area contributed by atoms with Crippen molar-refractivity contribution in [3.05, 3.63) is 0 Å². The summed E-state index contributed by atoms with van der Waals surface area (Å²) < 4.78 is 0. The quantitative estimate of drug-likeness (QED) is 0.699. The molecule has 2 heteroatoms. The van der Waals surface area contributed by atoms with Crippen molar-refractivity contribution in [2.45, 2.75) is 66.2 Å². The highest BCUT2D eigenvalue weighted by atomic mass is 16.2. The van der Waals surface area contributed by atoms with Gasteiger partial charge in [-0.2, -0.15) is 0 Å². The first-order valence-corrected chi connectivity index (χ1v) is 7.39. The summed E-state index contributed by atoms with van der Waals surface area (Å²) in [5, 5.41) is 0. The second-order valence-electron chi connectivity index (χ2n) is 6.95. The number of ketones is 2. The van der Waals surface area contributed by atoms with Crippen molar-refractivity contribution in [3.63, 3.8) is 0 Å². The summed E-state index contributed by atoms with van der Waals surface area (Å²) in [6.45, 7) is 8.05. The van der Waals surface area contributed by atoms with Crippen molar-refractivity contribution in [2.75, 3.05) is 0 Å². The average Bonchev–Trinajstić information content (AvgIpc) is 2.47. The molecule has 2 unspecified atom stereocenters. The van der Waals surface area contributed by atoms with E-state index in [0.29, 0.717) is 12.3 Å². The van der Waals surface area contributed by atoms with Gasteiger partial charge in [-0.15, -0.1) is 0 Å². The Balaban J connectivity index is 2.48. The van der Waals surface area contributed by atoms with Crippen LogP contribution in [0, 0.1) is 22.7 Å². The van der Waals surface area contributed by atoms with Gasteiger partial charge in [0.1, 0.15) is 11.6 Å². The van der Waals surface area contributed by atoms with Crippen LogP contribution in [0.2, 0.25) is 0 Å². The minimum Gasteiger partial charge on any atom is -0.299 e. The van der Waals surface area contributed by atoms with Gasteiger partial charge in [-0.1, -0.05) is 40.0 Å². The molecule has 0 aliphatic heterocycles. The number of carbonyl (C=O) groups is 2. The zero-order valence-electron chi connectivity index (χ0n) is 12.2. The molecular weight excluding hydrogens is 224 g/mol. The summed E-state index contributed by atoms with van der Waals surface area (Å²) >= 11 is 0. The minimum atomic E-state index is -0.688. The maximum atomic E-state index is 12.6. The Morgan fingerprint density at radius 3 is 2.11 bits per heavy atom. The van der Waals surface area contributed by atoms with E-state index in [0.717, 1.165) is 12.8 Å². The molecule has 2 rings (SSSR count). The number of Topliss-reactive ketones (excluding diaryl/α,β-unsaturated/α-hetero) is 2. The molecule has 2 aliphatic rings. The van der Waals surface area contributed by atoms with Crippen molar-refractivity contribution >= 4 is 11.6 Å². The van der Waals surface area contributed by atoms with Gasteiger partial charge in [-0.3, -0.25) is 9.59 Å². The van der Waals surface area contributed by atoms with E-state index < -0.39 is 5.41 Å². The molecule has 2 fully saturated rings. The number of carbonyl (C=O) groups excluding carboxylic acids is 2. The lowest BCUT2D eigenvalue weighted by Crippen LogP contribution is -2.51. The van der Waals surface area contributed by atoms with Crippen LogP contribution in [-0.2, 0) is 9.59 Å². The summed E-state index contributed by atoms with van der Waals surface area (Å²) in [7, 11) is 0. The minimum absolute atomic E-state index is 0.119. The highest BCUT2D eigenvalue weighted by Crippen LogP contribution is 2.60. The van der Waals surface area contributed by atoms with Crippen LogP contribution in [-0.4, -0.2) is 11.6 Å². The normalized spacial score (nSPS) is 36.9. The second-order valence-corrected chi connectivity index (χ2v) is 6.95. The molecule has 2 aliphatic carbocycles. The van der Waals surface area contributed by atoms with Gasteiger partial charge in [0.05, 0.1) is 5.41 Å². The third-order valence-electron chi connectivity index (χ3n) is 5.95. The molecule has 0 saturated heterocycles. The van der Waals surface area contributed by atoms with Crippen LogP contribution in [0.3, 0.4) is 0 Å². The van der Waals surface area contributed by atoms with E-state index in [9.17, 15) is 9.59 Å². The Bertz CT molecular complexity index is 363. The lowest BCUT2D eigenvalue weighted by atomic mass is 9.54. The molecule has 0 aromatic carbocycles. The highest BCUT2D eigenvalue weighted by molar-refractivity contribution is 6.09. The van der Waals surface area contributed by atoms with Crippen molar-refractivity contribution in [1.29, 1.82) is 0 Å². The molecule has 0 aromatic rings. The fourth-order valence-electron chi connectivity index (χ4n) is 4.67. The van der Waals surface area contributed by atoms with Crippen LogP contribution in [0.5, 0.6) is 0 Å². The maximum absolute atomic E-state index is 12.6. The van der Waals surface area contributed by atoms with Crippen molar-refractivity contribution in [2.24, 2.45) is 22.7 Å². The van der Waals surface area contributed by atoms with E-state index in [1.807, 2.05) is 0 Å². The molecule has 0 amide bonds. The third-order valence-corrected chi connectivity index (χ3v) is 5.95. The van der Waals surface area contributed by atoms with Crippen molar-refractivity contribution in [1.82, 2.24) is 0 Å². The van der Waals surface area contributed by atoms with Crippen LogP contribution in [0.25, 0.3) is 0 Å². The molecule has 102 valence electrons. The van der Waals surface area contributed by atoms with E-state index in [2.05, 4.69) is 20.8 Å². The Hall–Kier alpha value is -0.660. The second kappa shape index (κ2) is 4.47. The van der Waals surface area contributed by atoms with E-state index in [1.165, 1.54) is 19.3 Å². The van der Waals surface area contributed by atoms with Gasteiger partial charge < -0.3 is 0 Å². The monoisotopic (exact) mass is 250 g/mol. The first-order valence-electron chi connectivity index (χ1n) is 7.39. The van der Waals surface area contributed by atoms with E-state index in [1.54, 1.807) is 6.92 Å². The first kappa shape index (κ1) is 13.8. The number of hydrogen-bond acceptors (Lipinski definition) is 2. The topological polar surface area (TPSA) is 34.1 Å². The zero-order chi connectivity index (χ0) is 13.6. The molecule has 0 N–H and O–H groups in total. The predicted molar refractivity (Wildman–Crippen MR) is 72.3 cm³/mol. The lowest BCUT2D eigenvalue weighted by molar-refractivity contribution is -0.150. The van der Waals surface area contributed by atoms with Crippen LogP contribution in [0.15, 0.2) is 0 Å². The van der Waals surface area contributed by atoms with Gasteiger partial charge in [0.25, 0.3) is 0 Å². The average molecular weight is 250 g/mol.